The van der Waals surface area contributed by atoms with E-state index in [0.29, 0.717) is 6.42 Å². The first-order valence-electron chi connectivity index (χ1n) is 5.69. The van der Waals surface area contributed by atoms with Gasteiger partial charge in [-0.25, -0.2) is 4.90 Å². The fourth-order valence-corrected chi connectivity index (χ4v) is 1.82. The molecule has 19 heavy (non-hydrogen) atoms. The van der Waals surface area contributed by atoms with E-state index < -0.39 is 24.7 Å². The largest absolute Gasteiger partial charge is 0.427 e. The fourth-order valence-electron chi connectivity index (χ4n) is 1.82. The van der Waals surface area contributed by atoms with Gasteiger partial charge in [0.2, 0.25) is 0 Å². The Morgan fingerprint density at radius 1 is 0.947 bits per heavy atom. The number of halogens is 7. The molecule has 0 spiro atoms. The van der Waals surface area contributed by atoms with E-state index in [1.165, 1.54) is 0 Å². The summed E-state index contributed by atoms with van der Waals surface area (Å²) in [6, 6.07) is -4.92. The summed E-state index contributed by atoms with van der Waals surface area (Å²) in [7, 11) is 0. The van der Waals surface area contributed by atoms with Gasteiger partial charge in [0, 0.05) is 13.1 Å². The van der Waals surface area contributed by atoms with Crippen molar-refractivity contribution in [1.82, 2.24) is 4.90 Å². The van der Waals surface area contributed by atoms with Crippen LogP contribution in [0.15, 0.2) is 0 Å². The minimum absolute atomic E-state index is 0. The molecule has 0 aromatic heterocycles. The predicted octanol–water partition coefficient (Wildman–Crippen LogP) is 3.48. The molecule has 1 rings (SSSR count). The van der Waals surface area contributed by atoms with Crippen molar-refractivity contribution in [2.75, 3.05) is 19.7 Å². The van der Waals surface area contributed by atoms with E-state index in [1.54, 1.807) is 0 Å². The lowest BCUT2D eigenvalue weighted by atomic mass is 10.1. The zero-order valence-electron chi connectivity index (χ0n) is 10.3. The molecule has 0 radical (unpaired) electrons. The van der Waals surface area contributed by atoms with Gasteiger partial charge < -0.3 is 4.74 Å². The van der Waals surface area contributed by atoms with E-state index in [-0.39, 0.29) is 35.5 Å². The van der Waals surface area contributed by atoms with Crippen LogP contribution in [0.25, 0.3) is 0 Å². The first kappa shape index (κ1) is 18.4. The molecule has 1 saturated heterocycles. The standard InChI is InChI=1S/C10H15F6NO.FH/c1-2-18-10(15,16)8(11,12)9(13,14)17-6-4-3-5-7-17;/h2-7H2,1H3;1H. The van der Waals surface area contributed by atoms with E-state index in [0.717, 1.165) is 6.92 Å². The van der Waals surface area contributed by atoms with Crippen molar-refractivity contribution >= 4 is 0 Å². The van der Waals surface area contributed by atoms with Crippen molar-refractivity contribution in [3.05, 3.63) is 0 Å². The summed E-state index contributed by atoms with van der Waals surface area (Å²) in [4.78, 5) is 0.101. The molecule has 116 valence electrons. The van der Waals surface area contributed by atoms with Crippen LogP contribution in [0.3, 0.4) is 0 Å². The number of piperidine rings is 1. The highest BCUT2D eigenvalue weighted by Gasteiger charge is 2.74. The van der Waals surface area contributed by atoms with E-state index >= 15 is 0 Å². The molecule has 0 aromatic carbocycles. The Hall–Kier alpha value is -0.570. The molecule has 0 bridgehead atoms. The third-order valence-electron chi connectivity index (χ3n) is 2.82. The monoisotopic (exact) mass is 299 g/mol. The minimum atomic E-state index is -5.56. The number of likely N-dealkylation sites (tertiary alicyclic amines) is 1. The molecule has 0 aliphatic carbocycles. The van der Waals surface area contributed by atoms with Crippen LogP contribution in [-0.2, 0) is 4.74 Å². The molecular weight excluding hydrogens is 283 g/mol. The lowest BCUT2D eigenvalue weighted by Gasteiger charge is -2.40. The molecule has 9 heteroatoms. The van der Waals surface area contributed by atoms with Gasteiger partial charge in [-0.3, -0.25) is 4.70 Å². The van der Waals surface area contributed by atoms with E-state index in [2.05, 4.69) is 4.74 Å². The molecule has 1 aliphatic heterocycles. The molecule has 0 aromatic rings. The zero-order chi connectivity index (χ0) is 14.0. The van der Waals surface area contributed by atoms with E-state index in [1.807, 2.05) is 0 Å². The van der Waals surface area contributed by atoms with Gasteiger partial charge in [-0.1, -0.05) is 6.42 Å². The topological polar surface area (TPSA) is 12.5 Å². The number of hydrogen-bond acceptors (Lipinski definition) is 2. The van der Waals surface area contributed by atoms with Crippen molar-refractivity contribution in [1.29, 1.82) is 0 Å². The SMILES string of the molecule is CCOC(F)(F)C(F)(F)C(F)(F)N1CCCCC1.F. The van der Waals surface area contributed by atoms with Crippen LogP contribution in [0.1, 0.15) is 26.2 Å². The van der Waals surface area contributed by atoms with Crippen LogP contribution in [-0.4, -0.2) is 42.7 Å². The summed E-state index contributed by atoms with van der Waals surface area (Å²) in [6.45, 7) is -0.405. The molecule has 1 heterocycles. The van der Waals surface area contributed by atoms with E-state index in [9.17, 15) is 26.3 Å². The van der Waals surface area contributed by atoms with Gasteiger partial charge in [-0.05, 0) is 19.8 Å². The third kappa shape index (κ3) is 3.31. The Balaban J connectivity index is 0.00000324. The summed E-state index contributed by atoms with van der Waals surface area (Å²) < 4.78 is 83.0. The van der Waals surface area contributed by atoms with Crippen LogP contribution in [0.4, 0.5) is 31.0 Å². The summed E-state index contributed by atoms with van der Waals surface area (Å²) in [5.41, 5.74) is 0. The lowest BCUT2D eigenvalue weighted by molar-refractivity contribution is -0.423. The molecule has 0 amide bonds. The molecule has 2 nitrogen and oxygen atoms in total. The second-order valence-corrected chi connectivity index (χ2v) is 4.11. The Bertz CT molecular complexity index is 279. The highest BCUT2D eigenvalue weighted by atomic mass is 19.4. The molecule has 0 atom stereocenters. The fraction of sp³-hybridized carbons (Fsp3) is 1.00. The van der Waals surface area contributed by atoms with Crippen molar-refractivity contribution in [2.24, 2.45) is 0 Å². The molecule has 1 fully saturated rings. The first-order chi connectivity index (χ1) is 8.17. The van der Waals surface area contributed by atoms with Crippen molar-refractivity contribution in [3.63, 3.8) is 0 Å². The zero-order valence-corrected chi connectivity index (χ0v) is 10.3. The maximum atomic E-state index is 13.5. The Labute approximate surface area is 106 Å². The number of alkyl halides is 6. The van der Waals surface area contributed by atoms with Gasteiger partial charge in [-0.2, -0.15) is 26.3 Å². The second kappa shape index (κ2) is 6.25. The number of rotatable bonds is 5. The highest BCUT2D eigenvalue weighted by molar-refractivity contribution is 4.92. The van der Waals surface area contributed by atoms with Crippen molar-refractivity contribution in [3.8, 4) is 0 Å². The van der Waals surface area contributed by atoms with Gasteiger partial charge in [0.25, 0.3) is 0 Å². The van der Waals surface area contributed by atoms with Gasteiger partial charge in [0.05, 0.1) is 6.61 Å². The lowest BCUT2D eigenvalue weighted by Crippen LogP contribution is -2.63. The van der Waals surface area contributed by atoms with Crippen molar-refractivity contribution < 1.29 is 35.8 Å². The summed E-state index contributed by atoms with van der Waals surface area (Å²) in [5.74, 6) is -5.56. The van der Waals surface area contributed by atoms with Crippen LogP contribution >= 0.6 is 0 Å². The number of ether oxygens (including phenoxy) is 1. The second-order valence-electron chi connectivity index (χ2n) is 4.11. The summed E-state index contributed by atoms with van der Waals surface area (Å²) >= 11 is 0. The summed E-state index contributed by atoms with van der Waals surface area (Å²) in [5, 5.41) is 0. The van der Waals surface area contributed by atoms with Gasteiger partial charge in [0.1, 0.15) is 0 Å². The van der Waals surface area contributed by atoms with Crippen LogP contribution < -0.4 is 0 Å². The van der Waals surface area contributed by atoms with Gasteiger partial charge in [0.15, 0.2) is 0 Å². The number of hydrogen-bond donors (Lipinski definition) is 0. The Morgan fingerprint density at radius 2 is 1.42 bits per heavy atom. The van der Waals surface area contributed by atoms with Crippen molar-refractivity contribution in [2.45, 2.75) is 44.3 Å². The minimum Gasteiger partial charge on any atom is -0.316 e. The van der Waals surface area contributed by atoms with Crippen LogP contribution in [0, 0.1) is 0 Å². The molecule has 0 unspecified atom stereocenters. The average molecular weight is 299 g/mol. The van der Waals surface area contributed by atoms with Crippen LogP contribution in [0.5, 0.6) is 0 Å². The Kier molecular flexibility index (Phi) is 6.07. The molecule has 0 saturated carbocycles. The first-order valence-corrected chi connectivity index (χ1v) is 5.69. The predicted molar refractivity (Wildman–Crippen MR) is 54.4 cm³/mol. The van der Waals surface area contributed by atoms with Gasteiger partial charge >= 0.3 is 18.1 Å². The normalized spacial score (nSPS) is 19.1. The average Bonchev–Trinajstić information content (AvgIpc) is 2.29. The third-order valence-corrected chi connectivity index (χ3v) is 2.82. The Morgan fingerprint density at radius 3 is 1.84 bits per heavy atom. The van der Waals surface area contributed by atoms with Gasteiger partial charge in [-0.15, -0.1) is 0 Å². The molecule has 0 N–H and O–H groups in total. The maximum absolute atomic E-state index is 13.5. The quantitative estimate of drug-likeness (QED) is 0.569. The summed E-state index contributed by atoms with van der Waals surface area (Å²) in [6.07, 6.45) is -4.00. The highest BCUT2D eigenvalue weighted by Crippen LogP contribution is 2.48. The van der Waals surface area contributed by atoms with E-state index in [4.69, 9.17) is 0 Å². The molecular formula is C10H16F7NO. The molecule has 1 aliphatic rings. The number of nitrogens with zero attached hydrogens (tertiary/aromatic N) is 1. The van der Waals surface area contributed by atoms with Crippen LogP contribution in [0.2, 0.25) is 0 Å². The maximum Gasteiger partial charge on any atom is 0.427 e. The smallest absolute Gasteiger partial charge is 0.316 e.